The van der Waals surface area contributed by atoms with Gasteiger partial charge < -0.3 is 14.7 Å². The van der Waals surface area contributed by atoms with E-state index in [-0.39, 0.29) is 12.7 Å². The number of nitrogens with zero attached hydrogens (tertiary/aromatic N) is 1. The first kappa shape index (κ1) is 21.3. The Morgan fingerprint density at radius 3 is 2.39 bits per heavy atom. The first-order valence-corrected chi connectivity index (χ1v) is 11.4. The van der Waals surface area contributed by atoms with Crippen LogP contribution in [-0.2, 0) is 22.5 Å². The minimum atomic E-state index is -0.958. The fourth-order valence-electron chi connectivity index (χ4n) is 5.12. The Kier molecular flexibility index (Phi) is 5.86. The highest BCUT2D eigenvalue weighted by Crippen LogP contribution is 2.45. The number of ether oxygens (including phenoxy) is 1. The van der Waals surface area contributed by atoms with Crippen molar-refractivity contribution in [1.29, 1.82) is 0 Å². The molecule has 3 aromatic carbocycles. The predicted molar refractivity (Wildman–Crippen MR) is 128 cm³/mol. The summed E-state index contributed by atoms with van der Waals surface area (Å²) in [6.07, 6.45) is 3.53. The Labute approximate surface area is 193 Å². The van der Waals surface area contributed by atoms with E-state index in [2.05, 4.69) is 47.6 Å². The Balaban J connectivity index is 1.26. The number of carboxylic acid groups (broad SMARTS) is 1. The molecule has 0 aromatic heterocycles. The van der Waals surface area contributed by atoms with Crippen LogP contribution in [0, 0.1) is 5.92 Å². The predicted octanol–water partition coefficient (Wildman–Crippen LogP) is 5.81. The molecule has 0 radical (unpaired) electrons. The molecule has 168 valence electrons. The molecule has 2 aliphatic rings. The normalized spacial score (nSPS) is 17.1. The van der Waals surface area contributed by atoms with Gasteiger partial charge in [-0.3, -0.25) is 0 Å². The molecule has 0 saturated heterocycles. The lowest BCUT2D eigenvalue weighted by Crippen LogP contribution is -2.19. The molecule has 5 heteroatoms. The van der Waals surface area contributed by atoms with Gasteiger partial charge in [-0.1, -0.05) is 65.8 Å². The smallest absolute Gasteiger partial charge is 0.341 e. The number of aliphatic carboxylic acids is 1. The highest BCUT2D eigenvalue weighted by molar-refractivity contribution is 5.82. The van der Waals surface area contributed by atoms with Gasteiger partial charge in [-0.2, -0.15) is 0 Å². The second-order valence-corrected chi connectivity index (χ2v) is 8.88. The molecule has 33 heavy (non-hydrogen) atoms. The molecular formula is C28H27NO4. The molecule has 1 N–H and O–H groups in total. The van der Waals surface area contributed by atoms with Gasteiger partial charge in [-0.25, -0.2) is 4.79 Å². The molecule has 0 aliphatic heterocycles. The first-order valence-electron chi connectivity index (χ1n) is 11.4. The monoisotopic (exact) mass is 441 g/mol. The van der Waals surface area contributed by atoms with E-state index < -0.39 is 5.97 Å². The van der Waals surface area contributed by atoms with Crippen LogP contribution >= 0.6 is 0 Å². The van der Waals surface area contributed by atoms with Gasteiger partial charge >= 0.3 is 5.97 Å². The second-order valence-electron chi connectivity index (χ2n) is 8.88. The Morgan fingerprint density at radius 2 is 1.70 bits per heavy atom. The average Bonchev–Trinajstić information content (AvgIpc) is 3.15. The van der Waals surface area contributed by atoms with Crippen molar-refractivity contribution in [3.8, 4) is 16.9 Å². The third kappa shape index (κ3) is 4.36. The van der Waals surface area contributed by atoms with Crippen LogP contribution < -0.4 is 4.74 Å². The number of rotatable bonds is 7. The van der Waals surface area contributed by atoms with Gasteiger partial charge in [0.05, 0.1) is 5.71 Å². The lowest BCUT2D eigenvalue weighted by molar-refractivity contribution is -0.139. The zero-order valence-electron chi connectivity index (χ0n) is 18.7. The molecule has 5 rings (SSSR count). The molecular weight excluding hydrogens is 414 g/mol. The van der Waals surface area contributed by atoms with Gasteiger partial charge in [0.2, 0.25) is 0 Å². The van der Waals surface area contributed by atoms with Gasteiger partial charge in [0.25, 0.3) is 0 Å². The zero-order chi connectivity index (χ0) is 22.8. The van der Waals surface area contributed by atoms with E-state index >= 15 is 0 Å². The van der Waals surface area contributed by atoms with Crippen LogP contribution in [0.25, 0.3) is 11.1 Å². The molecule has 5 nitrogen and oxygen atoms in total. The minimum absolute atomic E-state index is 0.173. The number of carboxylic acids is 1. The highest BCUT2D eigenvalue weighted by Gasteiger charge is 2.30. The summed E-state index contributed by atoms with van der Waals surface area (Å²) in [7, 11) is 0. The number of benzene rings is 3. The van der Waals surface area contributed by atoms with Crippen molar-refractivity contribution in [3.05, 3.63) is 89.0 Å². The van der Waals surface area contributed by atoms with Crippen molar-refractivity contribution in [2.75, 3.05) is 6.61 Å². The van der Waals surface area contributed by atoms with Gasteiger partial charge in [0.1, 0.15) is 5.75 Å². The maximum atomic E-state index is 10.9. The highest BCUT2D eigenvalue weighted by atomic mass is 16.6. The van der Waals surface area contributed by atoms with Crippen LogP contribution in [0.5, 0.6) is 5.75 Å². The maximum Gasteiger partial charge on any atom is 0.341 e. The van der Waals surface area contributed by atoms with Crippen molar-refractivity contribution < 1.29 is 19.5 Å². The number of oxime groups is 1. The molecule has 0 amide bonds. The van der Waals surface area contributed by atoms with Crippen LogP contribution in [0.3, 0.4) is 0 Å². The molecule has 0 fully saturated rings. The van der Waals surface area contributed by atoms with Crippen LogP contribution in [0.15, 0.2) is 71.9 Å². The summed E-state index contributed by atoms with van der Waals surface area (Å²) < 4.78 is 5.49. The standard InChI is InChI=1S/C28H27NO4/c1-18(15-19-13-14-21-20(16-19)7-6-12-26(21)32-17-27(30)31)29-33-28-24-10-4-2-8-22(24)23-9-3-5-11-25(23)28/h2-12,19,28H,13-17H2,1H3,(H,30,31). The van der Waals surface area contributed by atoms with Crippen molar-refractivity contribution in [3.63, 3.8) is 0 Å². The largest absolute Gasteiger partial charge is 0.482 e. The van der Waals surface area contributed by atoms with E-state index in [4.69, 9.17) is 14.7 Å². The zero-order valence-corrected chi connectivity index (χ0v) is 18.7. The molecule has 2 aliphatic carbocycles. The second kappa shape index (κ2) is 9.10. The quantitative estimate of drug-likeness (QED) is 0.371. The lowest BCUT2D eigenvalue weighted by atomic mass is 9.81. The van der Waals surface area contributed by atoms with E-state index in [1.807, 2.05) is 31.2 Å². The van der Waals surface area contributed by atoms with Crippen LogP contribution in [0.4, 0.5) is 0 Å². The SMILES string of the molecule is CC(CC1CCc2c(cccc2OCC(=O)O)C1)=NOC1c2ccccc2-c2ccccc21. The van der Waals surface area contributed by atoms with Gasteiger partial charge in [0, 0.05) is 11.1 Å². The maximum absolute atomic E-state index is 10.9. The Hall–Kier alpha value is -3.60. The van der Waals surface area contributed by atoms with Crippen molar-refractivity contribution in [2.45, 2.75) is 38.7 Å². The Bertz CT molecular complexity index is 1170. The van der Waals surface area contributed by atoms with Crippen molar-refractivity contribution in [2.24, 2.45) is 11.1 Å². The molecule has 0 spiro atoms. The summed E-state index contributed by atoms with van der Waals surface area (Å²) in [6.45, 7) is 1.73. The van der Waals surface area contributed by atoms with E-state index in [1.54, 1.807) is 0 Å². The van der Waals surface area contributed by atoms with Gasteiger partial charge in [-0.15, -0.1) is 0 Å². The van der Waals surface area contributed by atoms with Crippen LogP contribution in [-0.4, -0.2) is 23.4 Å². The van der Waals surface area contributed by atoms with Crippen LogP contribution in [0.2, 0.25) is 0 Å². The van der Waals surface area contributed by atoms with Gasteiger partial charge in [-0.05, 0) is 66.8 Å². The third-order valence-electron chi connectivity index (χ3n) is 6.57. The summed E-state index contributed by atoms with van der Waals surface area (Å²) in [5, 5.41) is 13.5. The van der Waals surface area contributed by atoms with E-state index in [0.29, 0.717) is 11.7 Å². The molecule has 1 unspecified atom stereocenters. The Morgan fingerprint density at radius 1 is 1.00 bits per heavy atom. The number of carbonyl (C=O) groups is 1. The number of hydrogen-bond donors (Lipinski definition) is 1. The fourth-order valence-corrected chi connectivity index (χ4v) is 5.12. The number of hydrogen-bond acceptors (Lipinski definition) is 4. The number of fused-ring (bicyclic) bond motifs is 4. The van der Waals surface area contributed by atoms with Gasteiger partial charge in [0.15, 0.2) is 12.7 Å². The summed E-state index contributed by atoms with van der Waals surface area (Å²) in [5.74, 6) is 0.212. The fraction of sp³-hybridized carbons (Fsp3) is 0.286. The average molecular weight is 442 g/mol. The first-order chi connectivity index (χ1) is 16.1. The molecule has 0 bridgehead atoms. The summed E-state index contributed by atoms with van der Waals surface area (Å²) in [5.41, 5.74) is 8.13. The topological polar surface area (TPSA) is 68.1 Å². The van der Waals surface area contributed by atoms with E-state index in [1.165, 1.54) is 16.7 Å². The minimum Gasteiger partial charge on any atom is -0.482 e. The van der Waals surface area contributed by atoms with Crippen molar-refractivity contribution >= 4 is 11.7 Å². The van der Waals surface area contributed by atoms with E-state index in [9.17, 15) is 4.79 Å². The molecule has 3 aromatic rings. The van der Waals surface area contributed by atoms with Crippen LogP contribution in [0.1, 0.15) is 48.1 Å². The third-order valence-corrected chi connectivity index (χ3v) is 6.57. The molecule has 0 saturated carbocycles. The molecule has 0 heterocycles. The van der Waals surface area contributed by atoms with Crippen molar-refractivity contribution in [1.82, 2.24) is 0 Å². The summed E-state index contributed by atoms with van der Waals surface area (Å²) in [4.78, 5) is 17.0. The molecule has 1 atom stereocenters. The summed E-state index contributed by atoms with van der Waals surface area (Å²) in [6, 6.07) is 22.7. The van der Waals surface area contributed by atoms with E-state index in [0.717, 1.165) is 48.1 Å². The summed E-state index contributed by atoms with van der Waals surface area (Å²) >= 11 is 0. The lowest BCUT2D eigenvalue weighted by Gasteiger charge is -2.26.